The average Bonchev–Trinajstić information content (AvgIpc) is 2.50. The summed E-state index contributed by atoms with van der Waals surface area (Å²) in [6, 6.07) is 5.64. The summed E-state index contributed by atoms with van der Waals surface area (Å²) >= 11 is 9.34. The Morgan fingerprint density at radius 1 is 1.47 bits per heavy atom. The molecule has 0 aliphatic carbocycles. The maximum atomic E-state index is 6.00. The van der Waals surface area contributed by atoms with Crippen molar-refractivity contribution >= 4 is 33.5 Å². The molecule has 78 valence electrons. The van der Waals surface area contributed by atoms with Gasteiger partial charge in [0.25, 0.3) is 0 Å². The normalized spacial score (nSPS) is 10.6. The summed E-state index contributed by atoms with van der Waals surface area (Å²) in [6.07, 6.45) is 1.87. The van der Waals surface area contributed by atoms with Crippen molar-refractivity contribution in [3.05, 3.63) is 39.6 Å². The Hall–Kier alpha value is -1.00. The summed E-state index contributed by atoms with van der Waals surface area (Å²) < 4.78 is 2.66. The van der Waals surface area contributed by atoms with E-state index in [1.807, 2.05) is 31.3 Å². The number of rotatable bonds is 1. The van der Waals surface area contributed by atoms with Crippen LogP contribution < -0.4 is 5.73 Å². The predicted octanol–water partition coefficient (Wildman–Crippen LogP) is 3.18. The highest BCUT2D eigenvalue weighted by atomic mass is 79.9. The molecule has 1 aromatic heterocycles. The van der Waals surface area contributed by atoms with Gasteiger partial charge in [0.05, 0.1) is 16.4 Å². The summed E-state index contributed by atoms with van der Waals surface area (Å²) in [5.74, 6) is 0.464. The number of benzene rings is 1. The Morgan fingerprint density at radius 2 is 2.20 bits per heavy atom. The maximum Gasteiger partial charge on any atom is 0.205 e. The van der Waals surface area contributed by atoms with E-state index in [9.17, 15) is 0 Å². The van der Waals surface area contributed by atoms with Crippen molar-refractivity contribution in [2.24, 2.45) is 0 Å². The highest BCUT2D eigenvalue weighted by Crippen LogP contribution is 2.26. The van der Waals surface area contributed by atoms with Crippen LogP contribution in [0.3, 0.4) is 0 Å². The standard InChI is InChI=1S/C10H9BrClN3/c1-6-5-15(10(13)14-6)7-2-3-8(11)9(12)4-7/h2-5H,1H3,(H2,13,14). The predicted molar refractivity (Wildman–Crippen MR) is 65.4 cm³/mol. The molecule has 2 N–H and O–H groups in total. The van der Waals surface area contributed by atoms with E-state index >= 15 is 0 Å². The molecule has 0 saturated carbocycles. The van der Waals surface area contributed by atoms with E-state index in [4.69, 9.17) is 17.3 Å². The molecule has 0 atom stereocenters. The van der Waals surface area contributed by atoms with Gasteiger partial charge in [-0.3, -0.25) is 4.57 Å². The molecule has 0 fully saturated rings. The van der Waals surface area contributed by atoms with Gasteiger partial charge in [0.15, 0.2) is 0 Å². The number of aromatic nitrogens is 2. The molecule has 2 aromatic rings. The van der Waals surface area contributed by atoms with Gasteiger partial charge in [-0.25, -0.2) is 4.98 Å². The van der Waals surface area contributed by atoms with E-state index in [0.717, 1.165) is 15.9 Å². The monoisotopic (exact) mass is 285 g/mol. The third-order valence-electron chi connectivity index (χ3n) is 2.04. The summed E-state index contributed by atoms with van der Waals surface area (Å²) in [5, 5.41) is 0.651. The number of nitrogens with two attached hydrogens (primary N) is 1. The Balaban J connectivity index is 2.54. The molecular formula is C10H9BrClN3. The fraction of sp³-hybridized carbons (Fsp3) is 0.100. The maximum absolute atomic E-state index is 6.00. The van der Waals surface area contributed by atoms with Gasteiger partial charge < -0.3 is 5.73 Å². The van der Waals surface area contributed by atoms with Crippen molar-refractivity contribution in [2.75, 3.05) is 5.73 Å². The first-order valence-electron chi connectivity index (χ1n) is 4.35. The van der Waals surface area contributed by atoms with Crippen LogP contribution in [0.2, 0.25) is 5.02 Å². The van der Waals surface area contributed by atoms with Gasteiger partial charge in [-0.1, -0.05) is 11.6 Å². The van der Waals surface area contributed by atoms with E-state index in [-0.39, 0.29) is 0 Å². The highest BCUT2D eigenvalue weighted by molar-refractivity contribution is 9.10. The lowest BCUT2D eigenvalue weighted by atomic mass is 10.3. The van der Waals surface area contributed by atoms with Crippen LogP contribution in [-0.4, -0.2) is 9.55 Å². The van der Waals surface area contributed by atoms with E-state index in [0.29, 0.717) is 11.0 Å². The molecule has 2 rings (SSSR count). The fourth-order valence-corrected chi connectivity index (χ4v) is 1.78. The first-order valence-corrected chi connectivity index (χ1v) is 5.52. The van der Waals surface area contributed by atoms with Crippen LogP contribution in [-0.2, 0) is 0 Å². The van der Waals surface area contributed by atoms with Crippen LogP contribution in [0, 0.1) is 6.92 Å². The number of halogens is 2. The molecule has 3 nitrogen and oxygen atoms in total. The molecule has 0 spiro atoms. The minimum atomic E-state index is 0.464. The minimum absolute atomic E-state index is 0.464. The van der Waals surface area contributed by atoms with Gasteiger partial charge in [0.1, 0.15) is 0 Å². The highest BCUT2D eigenvalue weighted by Gasteiger charge is 2.05. The van der Waals surface area contributed by atoms with Crippen LogP contribution in [0.5, 0.6) is 0 Å². The lowest BCUT2D eigenvalue weighted by Gasteiger charge is -2.05. The van der Waals surface area contributed by atoms with Gasteiger partial charge in [-0.05, 0) is 41.1 Å². The van der Waals surface area contributed by atoms with Gasteiger partial charge in [-0.15, -0.1) is 0 Å². The second-order valence-corrected chi connectivity index (χ2v) is 4.47. The largest absolute Gasteiger partial charge is 0.369 e. The van der Waals surface area contributed by atoms with Crippen molar-refractivity contribution < 1.29 is 0 Å². The molecule has 5 heteroatoms. The zero-order valence-electron chi connectivity index (χ0n) is 8.04. The third-order valence-corrected chi connectivity index (χ3v) is 3.27. The summed E-state index contributed by atoms with van der Waals surface area (Å²) in [6.45, 7) is 1.90. The molecule has 1 aromatic carbocycles. The Bertz CT molecular complexity index is 507. The molecule has 0 amide bonds. The van der Waals surface area contributed by atoms with Gasteiger partial charge >= 0.3 is 0 Å². The molecule has 0 saturated heterocycles. The second-order valence-electron chi connectivity index (χ2n) is 3.21. The summed E-state index contributed by atoms with van der Waals surface area (Å²) in [4.78, 5) is 4.13. The molecule has 0 radical (unpaired) electrons. The molecule has 0 bridgehead atoms. The average molecular weight is 287 g/mol. The molecule has 1 heterocycles. The molecule has 15 heavy (non-hydrogen) atoms. The van der Waals surface area contributed by atoms with Gasteiger partial charge in [0, 0.05) is 10.7 Å². The first kappa shape index (κ1) is 10.5. The third kappa shape index (κ3) is 2.01. The van der Waals surface area contributed by atoms with Crippen molar-refractivity contribution in [2.45, 2.75) is 6.92 Å². The van der Waals surface area contributed by atoms with Crippen molar-refractivity contribution in [1.82, 2.24) is 9.55 Å². The summed E-state index contributed by atoms with van der Waals surface area (Å²) in [5.41, 5.74) is 7.54. The van der Waals surface area contributed by atoms with Crippen molar-refractivity contribution in [3.8, 4) is 5.69 Å². The molecule has 0 aliphatic heterocycles. The number of hydrogen-bond donors (Lipinski definition) is 1. The number of imidazole rings is 1. The van der Waals surface area contributed by atoms with E-state index in [2.05, 4.69) is 20.9 Å². The topological polar surface area (TPSA) is 43.8 Å². The van der Waals surface area contributed by atoms with Crippen LogP contribution in [0.1, 0.15) is 5.69 Å². The number of aryl methyl sites for hydroxylation is 1. The minimum Gasteiger partial charge on any atom is -0.369 e. The SMILES string of the molecule is Cc1cn(-c2ccc(Br)c(Cl)c2)c(N)n1. The van der Waals surface area contributed by atoms with Crippen LogP contribution >= 0.6 is 27.5 Å². The smallest absolute Gasteiger partial charge is 0.205 e. The van der Waals surface area contributed by atoms with Crippen LogP contribution in [0.25, 0.3) is 5.69 Å². The molecular weight excluding hydrogens is 277 g/mol. The number of anilines is 1. The van der Waals surface area contributed by atoms with Gasteiger partial charge in [-0.2, -0.15) is 0 Å². The summed E-state index contributed by atoms with van der Waals surface area (Å²) in [7, 11) is 0. The van der Waals surface area contributed by atoms with Crippen molar-refractivity contribution in [1.29, 1.82) is 0 Å². The van der Waals surface area contributed by atoms with Crippen LogP contribution in [0.4, 0.5) is 5.95 Å². The van der Waals surface area contributed by atoms with Gasteiger partial charge in [0.2, 0.25) is 5.95 Å². The fourth-order valence-electron chi connectivity index (χ4n) is 1.36. The number of nitrogen functional groups attached to an aromatic ring is 1. The van der Waals surface area contributed by atoms with Crippen LogP contribution in [0.15, 0.2) is 28.9 Å². The lowest BCUT2D eigenvalue weighted by Crippen LogP contribution is -1.99. The number of nitrogens with zero attached hydrogens (tertiary/aromatic N) is 2. The zero-order valence-corrected chi connectivity index (χ0v) is 10.4. The van der Waals surface area contributed by atoms with E-state index < -0.39 is 0 Å². The van der Waals surface area contributed by atoms with Crippen molar-refractivity contribution in [3.63, 3.8) is 0 Å². The Labute approximate surface area is 101 Å². The first-order chi connectivity index (χ1) is 7.08. The van der Waals surface area contributed by atoms with E-state index in [1.165, 1.54) is 0 Å². The van der Waals surface area contributed by atoms with E-state index in [1.54, 1.807) is 4.57 Å². The Kier molecular flexibility index (Phi) is 2.71. The Morgan fingerprint density at radius 3 is 2.73 bits per heavy atom. The second kappa shape index (κ2) is 3.87. The lowest BCUT2D eigenvalue weighted by molar-refractivity contribution is 1.07. The molecule has 0 aliphatic rings. The quantitative estimate of drug-likeness (QED) is 0.875. The number of hydrogen-bond acceptors (Lipinski definition) is 2. The molecule has 0 unspecified atom stereocenters. The zero-order chi connectivity index (χ0) is 11.0.